The second-order valence-corrected chi connectivity index (χ2v) is 6.93. The van der Waals surface area contributed by atoms with Crippen molar-refractivity contribution in [2.75, 3.05) is 19.6 Å². The van der Waals surface area contributed by atoms with Crippen LogP contribution in [0.4, 0.5) is 0 Å². The Bertz CT molecular complexity index is 344. The summed E-state index contributed by atoms with van der Waals surface area (Å²) in [5, 5.41) is 0. The zero-order chi connectivity index (χ0) is 12.5. The fraction of sp³-hybridized carbons (Fsp3) is 1.00. The van der Waals surface area contributed by atoms with Crippen molar-refractivity contribution in [3.8, 4) is 0 Å². The molecule has 100 valence electrons. The number of nitrogens with zero attached hydrogens (tertiary/aromatic N) is 2. The molecule has 2 aliphatic rings. The quantitative estimate of drug-likeness (QED) is 0.785. The Morgan fingerprint density at radius 1 is 1.29 bits per heavy atom. The molecule has 1 aliphatic heterocycles. The van der Waals surface area contributed by atoms with Crippen molar-refractivity contribution in [2.45, 2.75) is 51.1 Å². The van der Waals surface area contributed by atoms with Gasteiger partial charge in [0.2, 0.25) is 0 Å². The molecule has 1 saturated carbocycles. The molecule has 0 aromatic heterocycles. The lowest BCUT2D eigenvalue weighted by molar-refractivity contribution is 0.243. The van der Waals surface area contributed by atoms with E-state index in [1.165, 1.54) is 0 Å². The maximum Gasteiger partial charge on any atom is 0.282 e. The van der Waals surface area contributed by atoms with Gasteiger partial charge in [0.25, 0.3) is 10.2 Å². The maximum atomic E-state index is 12.6. The van der Waals surface area contributed by atoms with Gasteiger partial charge in [0, 0.05) is 31.7 Å². The molecule has 0 bridgehead atoms. The summed E-state index contributed by atoms with van der Waals surface area (Å²) in [7, 11) is -3.29. The molecule has 0 aromatic rings. The van der Waals surface area contributed by atoms with Gasteiger partial charge < -0.3 is 5.73 Å². The number of hydrogen-bond acceptors (Lipinski definition) is 3. The molecule has 2 rings (SSSR count). The molecule has 2 fully saturated rings. The van der Waals surface area contributed by atoms with Crippen LogP contribution in [0, 0.1) is 0 Å². The molecule has 1 aliphatic carbocycles. The van der Waals surface area contributed by atoms with Crippen LogP contribution in [-0.2, 0) is 10.2 Å². The summed E-state index contributed by atoms with van der Waals surface area (Å²) in [5.41, 5.74) is 5.53. The van der Waals surface area contributed by atoms with E-state index in [9.17, 15) is 8.42 Å². The van der Waals surface area contributed by atoms with E-state index in [0.717, 1.165) is 32.1 Å². The summed E-state index contributed by atoms with van der Waals surface area (Å²) in [5.74, 6) is 0. The lowest BCUT2D eigenvalue weighted by Gasteiger charge is -2.36. The molecular weight excluding hydrogens is 238 g/mol. The summed E-state index contributed by atoms with van der Waals surface area (Å²) in [6.45, 7) is 3.52. The van der Waals surface area contributed by atoms with Crippen molar-refractivity contribution in [1.29, 1.82) is 0 Å². The van der Waals surface area contributed by atoms with Crippen molar-refractivity contribution < 1.29 is 8.42 Å². The van der Waals surface area contributed by atoms with Gasteiger partial charge in [0.1, 0.15) is 0 Å². The third kappa shape index (κ3) is 2.81. The summed E-state index contributed by atoms with van der Waals surface area (Å²) >= 11 is 0. The molecule has 6 heteroatoms. The Morgan fingerprint density at radius 3 is 2.53 bits per heavy atom. The van der Waals surface area contributed by atoms with Gasteiger partial charge in [-0.3, -0.25) is 0 Å². The average molecular weight is 261 g/mol. The minimum atomic E-state index is -3.29. The molecule has 0 aromatic carbocycles. The largest absolute Gasteiger partial charge is 0.329 e. The lowest BCUT2D eigenvalue weighted by Crippen LogP contribution is -2.51. The summed E-state index contributed by atoms with van der Waals surface area (Å²) in [6.07, 6.45) is 5.06. The summed E-state index contributed by atoms with van der Waals surface area (Å²) in [6, 6.07) is 0.338. The van der Waals surface area contributed by atoms with Gasteiger partial charge in [-0.15, -0.1) is 0 Å². The fourth-order valence-corrected chi connectivity index (χ4v) is 4.64. The van der Waals surface area contributed by atoms with Crippen LogP contribution >= 0.6 is 0 Å². The molecule has 1 unspecified atom stereocenters. The van der Waals surface area contributed by atoms with Crippen LogP contribution in [0.3, 0.4) is 0 Å². The van der Waals surface area contributed by atoms with Crippen molar-refractivity contribution in [2.24, 2.45) is 5.73 Å². The molecule has 0 amide bonds. The van der Waals surface area contributed by atoms with Crippen LogP contribution in [0.1, 0.15) is 39.0 Å². The molecule has 17 heavy (non-hydrogen) atoms. The van der Waals surface area contributed by atoms with Crippen molar-refractivity contribution in [1.82, 2.24) is 8.61 Å². The highest BCUT2D eigenvalue weighted by molar-refractivity contribution is 7.86. The van der Waals surface area contributed by atoms with Crippen LogP contribution in [0.5, 0.6) is 0 Å². The van der Waals surface area contributed by atoms with E-state index in [1.54, 1.807) is 8.61 Å². The molecule has 1 atom stereocenters. The topological polar surface area (TPSA) is 66.6 Å². The van der Waals surface area contributed by atoms with E-state index in [4.69, 9.17) is 5.73 Å². The second-order valence-electron chi connectivity index (χ2n) is 5.09. The van der Waals surface area contributed by atoms with Crippen LogP contribution in [-0.4, -0.2) is 48.7 Å². The van der Waals surface area contributed by atoms with Gasteiger partial charge in [-0.1, -0.05) is 6.42 Å². The monoisotopic (exact) mass is 261 g/mol. The first-order valence-corrected chi connectivity index (χ1v) is 7.95. The van der Waals surface area contributed by atoms with Crippen molar-refractivity contribution in [3.05, 3.63) is 0 Å². The zero-order valence-electron chi connectivity index (χ0n) is 10.5. The van der Waals surface area contributed by atoms with Crippen LogP contribution in [0.2, 0.25) is 0 Å². The van der Waals surface area contributed by atoms with Crippen molar-refractivity contribution >= 4 is 10.2 Å². The third-order valence-corrected chi connectivity index (χ3v) is 5.85. The molecule has 0 spiro atoms. The number of nitrogens with two attached hydrogens (primary N) is 1. The van der Waals surface area contributed by atoms with Gasteiger partial charge in [0.15, 0.2) is 0 Å². The van der Waals surface area contributed by atoms with Crippen LogP contribution in [0.15, 0.2) is 0 Å². The first-order valence-electron chi connectivity index (χ1n) is 6.56. The molecule has 1 heterocycles. The Kier molecular flexibility index (Phi) is 4.07. The minimum Gasteiger partial charge on any atom is -0.329 e. The van der Waals surface area contributed by atoms with E-state index in [0.29, 0.717) is 19.6 Å². The second kappa shape index (κ2) is 5.22. The fourth-order valence-electron chi connectivity index (χ4n) is 2.53. The van der Waals surface area contributed by atoms with Gasteiger partial charge in [-0.25, -0.2) is 0 Å². The molecule has 0 radical (unpaired) electrons. The zero-order valence-corrected chi connectivity index (χ0v) is 11.3. The highest BCUT2D eigenvalue weighted by atomic mass is 32.2. The van der Waals surface area contributed by atoms with Crippen molar-refractivity contribution in [3.63, 3.8) is 0 Å². The highest BCUT2D eigenvalue weighted by Crippen LogP contribution is 2.32. The van der Waals surface area contributed by atoms with E-state index in [2.05, 4.69) is 0 Å². The summed E-state index contributed by atoms with van der Waals surface area (Å²) in [4.78, 5) is 0. The normalized spacial score (nSPS) is 27.6. The summed E-state index contributed by atoms with van der Waals surface area (Å²) < 4.78 is 28.4. The van der Waals surface area contributed by atoms with E-state index >= 15 is 0 Å². The third-order valence-electron chi connectivity index (χ3n) is 3.64. The number of hydrogen-bond donors (Lipinski definition) is 1. The Labute approximate surface area is 104 Å². The van der Waals surface area contributed by atoms with E-state index in [-0.39, 0.29) is 12.1 Å². The number of piperidine rings is 1. The van der Waals surface area contributed by atoms with Gasteiger partial charge in [-0.2, -0.15) is 17.0 Å². The van der Waals surface area contributed by atoms with Gasteiger partial charge >= 0.3 is 0 Å². The first-order chi connectivity index (χ1) is 8.07. The predicted octanol–water partition coefficient (Wildman–Crippen LogP) is 0.529. The first kappa shape index (κ1) is 13.3. The van der Waals surface area contributed by atoms with Crippen LogP contribution < -0.4 is 5.73 Å². The molecular formula is C11H23N3O2S. The Balaban J connectivity index is 2.14. The van der Waals surface area contributed by atoms with Gasteiger partial charge in [0.05, 0.1) is 0 Å². The molecule has 5 nitrogen and oxygen atoms in total. The average Bonchev–Trinajstić information content (AvgIpc) is 3.10. The maximum absolute atomic E-state index is 12.6. The SMILES string of the molecule is CC1CCCCN1S(=O)(=O)N(CCN)C1CC1. The van der Waals surface area contributed by atoms with Gasteiger partial charge in [-0.05, 0) is 32.6 Å². The lowest BCUT2D eigenvalue weighted by atomic mass is 10.1. The molecule has 1 saturated heterocycles. The van der Waals surface area contributed by atoms with Crippen LogP contribution in [0.25, 0.3) is 0 Å². The Hall–Kier alpha value is -0.170. The van der Waals surface area contributed by atoms with E-state index in [1.807, 2.05) is 6.92 Å². The Morgan fingerprint density at radius 2 is 2.00 bits per heavy atom. The smallest absolute Gasteiger partial charge is 0.282 e. The molecule has 2 N–H and O–H groups in total. The highest BCUT2D eigenvalue weighted by Gasteiger charge is 2.41. The minimum absolute atomic E-state index is 0.132. The predicted molar refractivity (Wildman–Crippen MR) is 67.7 cm³/mol. The number of rotatable bonds is 5. The van der Waals surface area contributed by atoms with E-state index < -0.39 is 10.2 Å². The standard InChI is InChI=1S/C11H23N3O2S/c1-10-4-2-3-8-13(10)17(15,16)14(9-7-12)11-5-6-11/h10-11H,2-9,12H2,1H3.